The minimum absolute atomic E-state index is 0.000393. The number of nitrogens with one attached hydrogen (secondary N) is 1. The molecular weight excluding hydrogens is 388 g/mol. The van der Waals surface area contributed by atoms with Gasteiger partial charge < -0.3 is 14.8 Å². The first-order valence-corrected chi connectivity index (χ1v) is 9.99. The maximum absolute atomic E-state index is 12.5. The lowest BCUT2D eigenvalue weighted by Gasteiger charge is -2.11. The second-order valence-electron chi connectivity index (χ2n) is 6.86. The Morgan fingerprint density at radius 3 is 2.39 bits per heavy atom. The van der Waals surface area contributed by atoms with Gasteiger partial charge in [-0.1, -0.05) is 55.5 Å². The molecule has 0 unspecified atom stereocenters. The number of aryl methyl sites for hydroxylation is 1. The monoisotopic (exact) mass is 412 g/mol. The molecule has 5 heteroatoms. The average molecular weight is 412 g/mol. The van der Waals surface area contributed by atoms with E-state index in [4.69, 9.17) is 9.47 Å². The van der Waals surface area contributed by atoms with Crippen molar-refractivity contribution in [1.82, 2.24) is 0 Å². The van der Waals surface area contributed by atoms with Crippen molar-refractivity contribution in [1.29, 1.82) is 5.26 Å². The third-order valence-electron chi connectivity index (χ3n) is 4.72. The molecule has 0 saturated carbocycles. The molecule has 0 radical (unpaired) electrons. The molecule has 0 aliphatic rings. The first-order chi connectivity index (χ1) is 15.1. The molecule has 0 bridgehead atoms. The number of hydrogen-bond acceptors (Lipinski definition) is 4. The van der Waals surface area contributed by atoms with Gasteiger partial charge in [0.25, 0.3) is 5.91 Å². The zero-order chi connectivity index (χ0) is 22.1. The van der Waals surface area contributed by atoms with Gasteiger partial charge in [-0.25, -0.2) is 0 Å². The fourth-order valence-corrected chi connectivity index (χ4v) is 2.97. The van der Waals surface area contributed by atoms with E-state index >= 15 is 0 Å². The number of carbonyl (C=O) groups is 1. The summed E-state index contributed by atoms with van der Waals surface area (Å²) >= 11 is 0. The molecule has 0 spiro atoms. The Hall–Kier alpha value is -4.04. The van der Waals surface area contributed by atoms with Gasteiger partial charge in [0.15, 0.2) is 11.5 Å². The van der Waals surface area contributed by atoms with Crippen LogP contribution < -0.4 is 14.8 Å². The number of ether oxygens (including phenoxy) is 2. The Balaban J connectivity index is 1.73. The van der Waals surface area contributed by atoms with Crippen LogP contribution in [0.5, 0.6) is 11.5 Å². The van der Waals surface area contributed by atoms with E-state index in [2.05, 4.69) is 12.2 Å². The number of methoxy groups -OCH3 is 1. The van der Waals surface area contributed by atoms with Crippen LogP contribution in [0.25, 0.3) is 6.08 Å². The Morgan fingerprint density at radius 1 is 1.00 bits per heavy atom. The number of hydrogen-bond donors (Lipinski definition) is 1. The standard InChI is InChI=1S/C26H24N2O3/c1-3-19-9-12-23(13-10-19)28-26(29)22(17-27)15-21-11-14-24(25(16-21)30-2)31-18-20-7-5-4-6-8-20/h4-16H,3,18H2,1-2H3,(H,28,29)/b22-15+. The smallest absolute Gasteiger partial charge is 0.266 e. The van der Waals surface area contributed by atoms with Crippen LogP contribution in [-0.4, -0.2) is 13.0 Å². The first-order valence-electron chi connectivity index (χ1n) is 9.99. The average Bonchev–Trinajstić information content (AvgIpc) is 2.82. The number of carbonyl (C=O) groups excluding carboxylic acids is 1. The van der Waals surface area contributed by atoms with Crippen LogP contribution in [0.4, 0.5) is 5.69 Å². The van der Waals surface area contributed by atoms with Crippen LogP contribution in [0.15, 0.2) is 78.4 Å². The summed E-state index contributed by atoms with van der Waals surface area (Å²) in [5.41, 5.74) is 3.53. The molecule has 1 N–H and O–H groups in total. The van der Waals surface area contributed by atoms with Crippen LogP contribution >= 0.6 is 0 Å². The van der Waals surface area contributed by atoms with Crippen LogP contribution in [0.2, 0.25) is 0 Å². The number of nitriles is 1. The van der Waals surface area contributed by atoms with E-state index in [1.807, 2.05) is 60.7 Å². The Kier molecular flexibility index (Phi) is 7.45. The summed E-state index contributed by atoms with van der Waals surface area (Å²) in [6, 6.07) is 24.6. The molecule has 0 aliphatic heterocycles. The van der Waals surface area contributed by atoms with E-state index in [1.54, 1.807) is 25.3 Å². The Bertz CT molecular complexity index is 1100. The number of rotatable bonds is 8. The van der Waals surface area contributed by atoms with Gasteiger partial charge in [0.2, 0.25) is 0 Å². The fraction of sp³-hybridized carbons (Fsp3) is 0.154. The highest BCUT2D eigenvalue weighted by Gasteiger charge is 2.11. The quantitative estimate of drug-likeness (QED) is 0.398. The van der Waals surface area contributed by atoms with Crippen molar-refractivity contribution < 1.29 is 14.3 Å². The zero-order valence-corrected chi connectivity index (χ0v) is 17.6. The topological polar surface area (TPSA) is 71.4 Å². The predicted octanol–water partition coefficient (Wildman–Crippen LogP) is 5.38. The SMILES string of the molecule is CCc1ccc(NC(=O)/C(C#N)=C/c2ccc(OCc3ccccc3)c(OC)c2)cc1. The zero-order valence-electron chi connectivity index (χ0n) is 17.6. The lowest BCUT2D eigenvalue weighted by atomic mass is 10.1. The highest BCUT2D eigenvalue weighted by atomic mass is 16.5. The summed E-state index contributed by atoms with van der Waals surface area (Å²) in [6.07, 6.45) is 2.45. The van der Waals surface area contributed by atoms with Crippen LogP contribution in [-0.2, 0) is 17.8 Å². The van der Waals surface area contributed by atoms with Gasteiger partial charge in [0.1, 0.15) is 18.2 Å². The largest absolute Gasteiger partial charge is 0.493 e. The van der Waals surface area contributed by atoms with Crippen molar-refractivity contribution >= 4 is 17.7 Å². The summed E-state index contributed by atoms with van der Waals surface area (Å²) in [6.45, 7) is 2.48. The minimum Gasteiger partial charge on any atom is -0.493 e. The van der Waals surface area contributed by atoms with E-state index in [1.165, 1.54) is 11.6 Å². The molecule has 3 rings (SSSR count). The van der Waals surface area contributed by atoms with Crippen LogP contribution in [0.3, 0.4) is 0 Å². The van der Waals surface area contributed by atoms with Gasteiger partial charge in [-0.3, -0.25) is 4.79 Å². The second kappa shape index (κ2) is 10.7. The molecule has 0 fully saturated rings. The third kappa shape index (κ3) is 5.97. The highest BCUT2D eigenvalue weighted by Crippen LogP contribution is 2.29. The lowest BCUT2D eigenvalue weighted by molar-refractivity contribution is -0.112. The minimum atomic E-state index is -0.463. The van der Waals surface area contributed by atoms with Gasteiger partial charge in [-0.2, -0.15) is 5.26 Å². The first kappa shape index (κ1) is 21.7. The second-order valence-corrected chi connectivity index (χ2v) is 6.86. The molecule has 0 heterocycles. The van der Waals surface area contributed by atoms with Crippen LogP contribution in [0, 0.1) is 11.3 Å². The molecule has 0 atom stereocenters. The molecular formula is C26H24N2O3. The highest BCUT2D eigenvalue weighted by molar-refractivity contribution is 6.09. The van der Waals surface area contributed by atoms with Gasteiger partial charge in [-0.05, 0) is 53.5 Å². The molecule has 0 aromatic heterocycles. The summed E-state index contributed by atoms with van der Waals surface area (Å²) < 4.78 is 11.3. The van der Waals surface area contributed by atoms with Crippen molar-refractivity contribution in [3.05, 3.63) is 95.1 Å². The number of nitrogens with zero attached hydrogens (tertiary/aromatic N) is 1. The maximum Gasteiger partial charge on any atom is 0.266 e. The molecule has 31 heavy (non-hydrogen) atoms. The summed E-state index contributed by atoms with van der Waals surface area (Å²) in [5.74, 6) is 0.648. The van der Waals surface area contributed by atoms with E-state index in [-0.39, 0.29) is 5.57 Å². The predicted molar refractivity (Wildman–Crippen MR) is 122 cm³/mol. The fourth-order valence-electron chi connectivity index (χ4n) is 2.97. The van der Waals surface area contributed by atoms with E-state index in [0.717, 1.165) is 12.0 Å². The van der Waals surface area contributed by atoms with E-state index in [9.17, 15) is 10.1 Å². The van der Waals surface area contributed by atoms with Crippen LogP contribution in [0.1, 0.15) is 23.6 Å². The molecule has 3 aromatic rings. The Labute approximate surface area is 182 Å². The molecule has 0 aliphatic carbocycles. The van der Waals surface area contributed by atoms with Gasteiger partial charge in [0.05, 0.1) is 7.11 Å². The van der Waals surface area contributed by atoms with E-state index < -0.39 is 5.91 Å². The summed E-state index contributed by atoms with van der Waals surface area (Å²) in [7, 11) is 1.55. The third-order valence-corrected chi connectivity index (χ3v) is 4.72. The van der Waals surface area contributed by atoms with Gasteiger partial charge in [0, 0.05) is 5.69 Å². The van der Waals surface area contributed by atoms with Crippen molar-refractivity contribution in [3.8, 4) is 17.6 Å². The Morgan fingerprint density at radius 2 is 1.74 bits per heavy atom. The number of amides is 1. The lowest BCUT2D eigenvalue weighted by Crippen LogP contribution is -2.13. The number of anilines is 1. The van der Waals surface area contributed by atoms with Crippen molar-refractivity contribution in [2.75, 3.05) is 12.4 Å². The molecule has 1 amide bonds. The molecule has 156 valence electrons. The van der Waals surface area contributed by atoms with Crippen molar-refractivity contribution in [3.63, 3.8) is 0 Å². The molecule has 3 aromatic carbocycles. The number of benzene rings is 3. The van der Waals surface area contributed by atoms with Crippen molar-refractivity contribution in [2.45, 2.75) is 20.0 Å². The van der Waals surface area contributed by atoms with Gasteiger partial charge in [-0.15, -0.1) is 0 Å². The molecule has 0 saturated heterocycles. The van der Waals surface area contributed by atoms with Crippen molar-refractivity contribution in [2.24, 2.45) is 0 Å². The summed E-state index contributed by atoms with van der Waals surface area (Å²) in [5, 5.41) is 12.2. The van der Waals surface area contributed by atoms with E-state index in [0.29, 0.717) is 29.4 Å². The van der Waals surface area contributed by atoms with Gasteiger partial charge >= 0.3 is 0 Å². The normalized spacial score (nSPS) is 10.8. The molecule has 5 nitrogen and oxygen atoms in total. The maximum atomic E-state index is 12.5. The summed E-state index contributed by atoms with van der Waals surface area (Å²) in [4.78, 5) is 12.5.